The zero-order valence-corrected chi connectivity index (χ0v) is 10.4. The van der Waals surface area contributed by atoms with Gasteiger partial charge in [-0.3, -0.25) is 0 Å². The summed E-state index contributed by atoms with van der Waals surface area (Å²) in [4.78, 5) is 1.14. The van der Waals surface area contributed by atoms with Crippen molar-refractivity contribution in [2.75, 3.05) is 7.11 Å². The summed E-state index contributed by atoms with van der Waals surface area (Å²) in [6.45, 7) is 0.659. The molecule has 0 spiro atoms. The molecule has 0 saturated heterocycles. The number of hydrazone groups is 1. The van der Waals surface area contributed by atoms with E-state index in [4.69, 9.17) is 4.74 Å². The number of hydrogen-bond donors (Lipinski definition) is 1. The van der Waals surface area contributed by atoms with Crippen molar-refractivity contribution in [3.8, 4) is 5.75 Å². The second-order valence-corrected chi connectivity index (χ2v) is 4.40. The van der Waals surface area contributed by atoms with Crippen molar-refractivity contribution in [1.82, 2.24) is 5.43 Å². The number of benzene rings is 1. The molecule has 0 unspecified atom stereocenters. The number of nitrogens with zero attached hydrogens (tertiary/aromatic N) is 1. The summed E-state index contributed by atoms with van der Waals surface area (Å²) in [7, 11) is 1.67. The molecule has 1 aromatic heterocycles. The second kappa shape index (κ2) is 6.06. The highest BCUT2D eigenvalue weighted by Gasteiger charge is 1.99. The Labute approximate surface area is 105 Å². The van der Waals surface area contributed by atoms with Gasteiger partial charge in [0.25, 0.3) is 0 Å². The van der Waals surface area contributed by atoms with Crippen LogP contribution in [0.5, 0.6) is 5.75 Å². The van der Waals surface area contributed by atoms with Gasteiger partial charge in [-0.1, -0.05) is 24.3 Å². The van der Waals surface area contributed by atoms with Crippen molar-refractivity contribution in [2.24, 2.45) is 5.10 Å². The lowest BCUT2D eigenvalue weighted by Gasteiger charge is -2.06. The number of nitrogens with one attached hydrogen (secondary N) is 1. The van der Waals surface area contributed by atoms with Crippen LogP contribution in [-0.4, -0.2) is 13.3 Å². The van der Waals surface area contributed by atoms with Gasteiger partial charge in [-0.15, -0.1) is 11.3 Å². The predicted octanol–water partition coefficient (Wildman–Crippen LogP) is 2.88. The Bertz CT molecular complexity index is 480. The monoisotopic (exact) mass is 246 g/mol. The number of thiophene rings is 1. The van der Waals surface area contributed by atoms with Gasteiger partial charge in [0.15, 0.2) is 0 Å². The van der Waals surface area contributed by atoms with Crippen LogP contribution < -0.4 is 10.2 Å². The van der Waals surface area contributed by atoms with E-state index in [0.29, 0.717) is 6.54 Å². The van der Waals surface area contributed by atoms with Crippen molar-refractivity contribution >= 4 is 17.6 Å². The van der Waals surface area contributed by atoms with Crippen LogP contribution in [0.2, 0.25) is 0 Å². The van der Waals surface area contributed by atoms with Crippen molar-refractivity contribution in [2.45, 2.75) is 6.54 Å². The number of rotatable bonds is 5. The lowest BCUT2D eigenvalue weighted by atomic mass is 10.2. The predicted molar refractivity (Wildman–Crippen MR) is 71.7 cm³/mol. The summed E-state index contributed by atoms with van der Waals surface area (Å²) >= 11 is 1.66. The first kappa shape index (κ1) is 11.7. The summed E-state index contributed by atoms with van der Waals surface area (Å²) < 4.78 is 5.26. The molecule has 1 heterocycles. The summed E-state index contributed by atoms with van der Waals surface area (Å²) in [5.41, 5.74) is 4.11. The number of para-hydroxylation sites is 1. The minimum absolute atomic E-state index is 0.659. The standard InChI is InChI=1S/C13H14N2OS/c1-16-13-7-3-2-5-11(13)9-14-15-10-12-6-4-8-17-12/h2-8,10,14H,9H2,1H3/b15-10-. The molecule has 0 amide bonds. The normalized spacial score (nSPS) is 10.6. The molecule has 0 saturated carbocycles. The van der Waals surface area contributed by atoms with E-state index in [1.165, 1.54) is 0 Å². The molecule has 1 N–H and O–H groups in total. The van der Waals surface area contributed by atoms with Crippen LogP contribution in [0.1, 0.15) is 10.4 Å². The Balaban J connectivity index is 1.90. The largest absolute Gasteiger partial charge is 0.496 e. The Morgan fingerprint density at radius 1 is 1.29 bits per heavy atom. The first-order valence-electron chi connectivity index (χ1n) is 5.31. The fourth-order valence-electron chi connectivity index (χ4n) is 1.45. The zero-order valence-electron chi connectivity index (χ0n) is 9.59. The van der Waals surface area contributed by atoms with Gasteiger partial charge in [0, 0.05) is 10.4 Å². The first-order valence-corrected chi connectivity index (χ1v) is 6.19. The van der Waals surface area contributed by atoms with Crippen LogP contribution in [0.4, 0.5) is 0 Å². The van der Waals surface area contributed by atoms with E-state index in [1.807, 2.05) is 48.0 Å². The molecule has 88 valence electrons. The lowest BCUT2D eigenvalue weighted by Crippen LogP contribution is -2.06. The van der Waals surface area contributed by atoms with Gasteiger partial charge in [-0.25, -0.2) is 0 Å². The molecular formula is C13H14N2OS. The first-order chi connectivity index (χ1) is 8.40. The molecule has 0 aliphatic carbocycles. The highest BCUT2D eigenvalue weighted by molar-refractivity contribution is 7.11. The molecule has 0 bridgehead atoms. The summed E-state index contributed by atoms with van der Waals surface area (Å²) in [5, 5.41) is 6.19. The highest BCUT2D eigenvalue weighted by Crippen LogP contribution is 2.16. The Morgan fingerprint density at radius 2 is 2.18 bits per heavy atom. The summed E-state index contributed by atoms with van der Waals surface area (Å²) in [6.07, 6.45) is 1.82. The highest BCUT2D eigenvalue weighted by atomic mass is 32.1. The minimum Gasteiger partial charge on any atom is -0.496 e. The van der Waals surface area contributed by atoms with Gasteiger partial charge < -0.3 is 10.2 Å². The van der Waals surface area contributed by atoms with Crippen LogP contribution >= 0.6 is 11.3 Å². The van der Waals surface area contributed by atoms with Crippen LogP contribution in [0.15, 0.2) is 46.9 Å². The van der Waals surface area contributed by atoms with Gasteiger partial charge in [0.1, 0.15) is 5.75 Å². The van der Waals surface area contributed by atoms with E-state index in [-0.39, 0.29) is 0 Å². The third-order valence-electron chi connectivity index (χ3n) is 2.29. The van der Waals surface area contributed by atoms with Crippen molar-refractivity contribution in [1.29, 1.82) is 0 Å². The Hall–Kier alpha value is -1.81. The molecule has 4 heteroatoms. The van der Waals surface area contributed by atoms with Crippen molar-refractivity contribution in [3.63, 3.8) is 0 Å². The molecular weight excluding hydrogens is 232 g/mol. The van der Waals surface area contributed by atoms with Gasteiger partial charge in [0.2, 0.25) is 0 Å². The van der Waals surface area contributed by atoms with Gasteiger partial charge in [0.05, 0.1) is 19.9 Å². The maximum atomic E-state index is 5.26. The smallest absolute Gasteiger partial charge is 0.123 e. The van der Waals surface area contributed by atoms with Crippen LogP contribution in [0.25, 0.3) is 0 Å². The average Bonchev–Trinajstić information content (AvgIpc) is 2.88. The van der Waals surface area contributed by atoms with E-state index in [1.54, 1.807) is 18.4 Å². The maximum Gasteiger partial charge on any atom is 0.123 e. The summed E-state index contributed by atoms with van der Waals surface area (Å²) in [5.74, 6) is 0.881. The maximum absolute atomic E-state index is 5.26. The minimum atomic E-state index is 0.659. The molecule has 0 fully saturated rings. The number of hydrogen-bond acceptors (Lipinski definition) is 4. The molecule has 0 aliphatic rings. The van der Waals surface area contributed by atoms with Gasteiger partial charge in [-0.05, 0) is 17.5 Å². The fraction of sp³-hybridized carbons (Fsp3) is 0.154. The molecule has 0 radical (unpaired) electrons. The average molecular weight is 246 g/mol. The SMILES string of the molecule is COc1ccccc1CN/N=C\c1cccs1. The van der Waals surface area contributed by atoms with Gasteiger partial charge in [-0.2, -0.15) is 5.10 Å². The lowest BCUT2D eigenvalue weighted by molar-refractivity contribution is 0.408. The van der Waals surface area contributed by atoms with E-state index in [9.17, 15) is 0 Å². The number of methoxy groups -OCH3 is 1. The van der Waals surface area contributed by atoms with Crippen molar-refractivity contribution in [3.05, 3.63) is 52.2 Å². The van der Waals surface area contributed by atoms with Crippen LogP contribution in [-0.2, 0) is 6.54 Å². The van der Waals surface area contributed by atoms with Gasteiger partial charge >= 0.3 is 0 Å². The molecule has 3 nitrogen and oxygen atoms in total. The molecule has 1 aromatic carbocycles. The van der Waals surface area contributed by atoms with E-state index in [0.717, 1.165) is 16.2 Å². The van der Waals surface area contributed by atoms with E-state index < -0.39 is 0 Å². The molecule has 2 aromatic rings. The second-order valence-electron chi connectivity index (χ2n) is 3.42. The topological polar surface area (TPSA) is 33.6 Å². The summed E-state index contributed by atoms with van der Waals surface area (Å²) in [6, 6.07) is 11.9. The fourth-order valence-corrected chi connectivity index (χ4v) is 2.04. The zero-order chi connectivity index (χ0) is 11.9. The van der Waals surface area contributed by atoms with Crippen LogP contribution in [0, 0.1) is 0 Å². The molecule has 2 rings (SSSR count). The van der Waals surface area contributed by atoms with E-state index >= 15 is 0 Å². The van der Waals surface area contributed by atoms with Crippen molar-refractivity contribution < 1.29 is 4.74 Å². The van der Waals surface area contributed by atoms with E-state index in [2.05, 4.69) is 10.5 Å². The quantitative estimate of drug-likeness (QED) is 0.650. The van der Waals surface area contributed by atoms with Crippen LogP contribution in [0.3, 0.4) is 0 Å². The third kappa shape index (κ3) is 3.32. The Morgan fingerprint density at radius 3 is 2.94 bits per heavy atom. The third-order valence-corrected chi connectivity index (χ3v) is 3.10. The number of ether oxygens (including phenoxy) is 1. The molecule has 0 atom stereocenters. The Kier molecular flexibility index (Phi) is 4.16. The molecule has 17 heavy (non-hydrogen) atoms. The molecule has 0 aliphatic heterocycles.